The molecular formula is C76H104N9O14S7+. The third kappa shape index (κ3) is 47.2. The molecule has 0 unspecified atom stereocenters. The Balaban J connectivity index is 0.000000486. The predicted octanol–water partition coefficient (Wildman–Crippen LogP) is 11.6. The lowest BCUT2D eigenvalue weighted by Gasteiger charge is -2.20. The molecule has 4 aromatic carbocycles. The first-order valence-electron chi connectivity index (χ1n) is 33.3. The van der Waals surface area contributed by atoms with Gasteiger partial charge in [0.15, 0.2) is 37.2 Å². The summed E-state index contributed by atoms with van der Waals surface area (Å²) in [5.41, 5.74) is 13.6. The average molecular weight is 1590 g/mol. The molecular weight excluding hydrogens is 1490 g/mol. The first-order valence-corrected chi connectivity index (χ1v) is 42.3. The average Bonchev–Trinajstić information content (AvgIpc) is 0.898. The Morgan fingerprint density at radius 3 is 0.830 bits per heavy atom. The highest BCUT2D eigenvalue weighted by Gasteiger charge is 2.07. The van der Waals surface area contributed by atoms with Gasteiger partial charge >= 0.3 is 10.4 Å². The van der Waals surface area contributed by atoms with E-state index in [4.69, 9.17) is 0 Å². The highest BCUT2D eigenvalue weighted by Crippen LogP contribution is 2.26. The number of aryl methyl sites for hydroxylation is 5. The molecule has 23 nitrogen and oxygen atoms in total. The molecule has 0 spiro atoms. The lowest BCUT2D eigenvalue weighted by Crippen LogP contribution is -2.25. The summed E-state index contributed by atoms with van der Waals surface area (Å²) in [5.74, 6) is 4.26. The maximum atomic E-state index is 10.7. The maximum Gasteiger partial charge on any atom is 0.399 e. The Hall–Kier alpha value is -7.53. The van der Waals surface area contributed by atoms with Crippen LogP contribution in [0.1, 0.15) is 73.4 Å². The van der Waals surface area contributed by atoms with Crippen molar-refractivity contribution in [3.63, 3.8) is 0 Å². The summed E-state index contributed by atoms with van der Waals surface area (Å²) in [7, 11) is 13.4. The van der Waals surface area contributed by atoms with Gasteiger partial charge in [0.05, 0.1) is 28.4 Å². The fourth-order valence-electron chi connectivity index (χ4n) is 8.25. The minimum absolute atomic E-state index is 0.706. The summed E-state index contributed by atoms with van der Waals surface area (Å²) in [4.78, 5) is 34.3. The minimum atomic E-state index is -4.41. The quantitative estimate of drug-likeness (QED) is 0.0119. The number of pyridine rings is 4. The van der Waals surface area contributed by atoms with E-state index < -0.39 is 31.2 Å². The number of hydrogen-bond donors (Lipinski definition) is 1. The number of nitrogens with one attached hydrogen (secondary N) is 1. The predicted molar refractivity (Wildman–Crippen MR) is 437 cm³/mol. The number of aldehydes is 2. The SMILES string of the molecule is C1CCNCC1.CN(CCSSCCN(C)c1ccc(/C=C/c2cc[n+](C)cc2)cc1)c1ccc(/C=C/c2cc[n+](C)cc2)cc1.CN(CCSSCCN(C)c1ccc(C=O)cc1)c1ccc(C=O)cc1.COS(=O)(=O)OC.COS(=O)(=O)[O-].COS(=O)(=O)[O-].Cc1cc[n+](C)cc1.Cc1ccncc1. The van der Waals surface area contributed by atoms with Crippen LogP contribution in [0.5, 0.6) is 0 Å². The van der Waals surface area contributed by atoms with Gasteiger partial charge in [-0.3, -0.25) is 31.3 Å². The van der Waals surface area contributed by atoms with E-state index in [0.717, 1.165) is 102 Å². The molecule has 1 N–H and O–H groups in total. The van der Waals surface area contributed by atoms with Crippen molar-refractivity contribution in [3.05, 3.63) is 240 Å². The molecule has 1 aliphatic rings. The van der Waals surface area contributed by atoms with Gasteiger partial charge in [0.25, 0.3) is 0 Å². The second-order valence-corrected chi connectivity index (χ2v) is 32.3. The molecule has 578 valence electrons. The van der Waals surface area contributed by atoms with Crippen LogP contribution in [0.25, 0.3) is 24.3 Å². The zero-order chi connectivity index (χ0) is 78.6. The molecule has 106 heavy (non-hydrogen) atoms. The normalized spacial score (nSPS) is 11.6. The van der Waals surface area contributed by atoms with Gasteiger partial charge in [-0.2, -0.15) is 8.42 Å². The van der Waals surface area contributed by atoms with E-state index >= 15 is 0 Å². The van der Waals surface area contributed by atoms with E-state index in [9.17, 15) is 43.9 Å². The number of piperidine rings is 1. The number of carbonyl (C=O) groups is 2. The van der Waals surface area contributed by atoms with Crippen molar-refractivity contribution in [1.82, 2.24) is 10.3 Å². The molecule has 0 radical (unpaired) electrons. The van der Waals surface area contributed by atoms with Gasteiger partial charge in [-0.15, -0.1) is 0 Å². The number of carbonyl (C=O) groups excluding carboxylic acids is 2. The van der Waals surface area contributed by atoms with Gasteiger partial charge in [-0.05, 0) is 158 Å². The number of benzene rings is 4. The van der Waals surface area contributed by atoms with Crippen LogP contribution in [0.15, 0.2) is 195 Å². The second kappa shape index (κ2) is 55.0. The molecule has 30 heteroatoms. The van der Waals surface area contributed by atoms with Crippen molar-refractivity contribution in [1.29, 1.82) is 0 Å². The largest absolute Gasteiger partial charge is 0.726 e. The Bertz CT molecular complexity index is 3820. The summed E-state index contributed by atoms with van der Waals surface area (Å²) in [6, 6.07) is 49.5. The van der Waals surface area contributed by atoms with Crippen LogP contribution in [0.4, 0.5) is 22.7 Å². The number of nitrogens with zero attached hydrogens (tertiary/aromatic N) is 8. The Kier molecular flexibility index (Phi) is 49.0. The van der Waals surface area contributed by atoms with Gasteiger partial charge in [0.1, 0.15) is 33.7 Å². The van der Waals surface area contributed by atoms with E-state index in [1.807, 2.05) is 158 Å². The lowest BCUT2D eigenvalue weighted by molar-refractivity contribution is -0.671. The Labute approximate surface area is 646 Å². The number of anilines is 4. The Morgan fingerprint density at radius 1 is 0.396 bits per heavy atom. The second-order valence-electron chi connectivity index (χ2n) is 23.1. The summed E-state index contributed by atoms with van der Waals surface area (Å²) >= 11 is 0. The van der Waals surface area contributed by atoms with Gasteiger partial charge in [0, 0.05) is 160 Å². The van der Waals surface area contributed by atoms with Gasteiger partial charge in [0.2, 0.25) is 20.8 Å². The molecule has 0 saturated carbocycles. The third-order valence-corrected chi connectivity index (χ3v) is 21.1. The van der Waals surface area contributed by atoms with Crippen LogP contribution in [0, 0.1) is 13.8 Å². The zero-order valence-corrected chi connectivity index (χ0v) is 68.5. The van der Waals surface area contributed by atoms with Crippen molar-refractivity contribution < 1.29 is 74.4 Å². The van der Waals surface area contributed by atoms with E-state index in [1.165, 1.54) is 77.1 Å². The molecule has 8 aromatic rings. The topological polar surface area (TPSA) is 269 Å². The van der Waals surface area contributed by atoms with Crippen LogP contribution >= 0.6 is 43.2 Å². The minimum Gasteiger partial charge on any atom is -0.726 e. The van der Waals surface area contributed by atoms with Crippen molar-refractivity contribution in [3.8, 4) is 0 Å². The summed E-state index contributed by atoms with van der Waals surface area (Å²) < 4.78 is 95.7. The van der Waals surface area contributed by atoms with E-state index in [-0.39, 0.29) is 0 Å². The van der Waals surface area contributed by atoms with Gasteiger partial charge in [-0.1, -0.05) is 98.2 Å². The molecule has 0 atom stereocenters. The fourth-order valence-corrected chi connectivity index (χ4v) is 12.6. The maximum absolute atomic E-state index is 10.7. The molecule has 1 saturated heterocycles. The number of aromatic nitrogens is 4. The lowest BCUT2D eigenvalue weighted by atomic mass is 10.1. The molecule has 9 rings (SSSR count). The van der Waals surface area contributed by atoms with Crippen LogP contribution in [-0.4, -0.2) is 171 Å². The van der Waals surface area contributed by atoms with E-state index in [2.05, 4.69) is 216 Å². The number of hydrogen-bond acceptors (Lipinski definition) is 24. The highest BCUT2D eigenvalue weighted by molar-refractivity contribution is 8.77. The molecule has 1 fully saturated rings. The van der Waals surface area contributed by atoms with Crippen LogP contribution < -0.4 is 38.6 Å². The van der Waals surface area contributed by atoms with Crippen molar-refractivity contribution in [2.24, 2.45) is 21.1 Å². The standard InChI is InChI=1S/C34H40N4S2.C20H24N2O2S2.C7H10N.C6H7N.C5H11N.C2H6O4S.2CH4O4S/c1-35-21-17-31(18-22-35)7-5-29-9-13-33(14-10-29)37(3)25-27-39-40-28-26-38(4)34-15-11-30(12-16-34)6-8-32-19-23-36(2)24-20-32;1-21(19-7-3-17(15-23)4-8-19)11-13-25-26-14-12-22(2)20-9-5-18(16-24)6-10-20;1-7-3-5-8(2)6-4-7;1-6-2-4-7-5-3-6;1-2-4-6-5-3-1;1-5-7(3,4)6-2;2*1-5-6(2,3)4/h5-24H,25-28H2,1-4H3;3-10,15-16H,11-14H2,1-2H3;3-6H,1-2H3;2-5H,1H3;6H,1-5H2;1-2H3;2*1H3,(H,2,3,4)/q+2;;+1;;;;;/p-2. The molecule has 0 amide bonds. The van der Waals surface area contributed by atoms with Crippen molar-refractivity contribution in [2.45, 2.75) is 33.1 Å². The zero-order valence-electron chi connectivity index (χ0n) is 62.8. The van der Waals surface area contributed by atoms with Crippen molar-refractivity contribution >= 4 is 134 Å². The number of rotatable bonds is 28. The highest BCUT2D eigenvalue weighted by atomic mass is 33.1. The molecule has 0 aliphatic carbocycles. The van der Waals surface area contributed by atoms with Crippen LogP contribution in [-0.2, 0) is 69.1 Å². The van der Waals surface area contributed by atoms with Crippen LogP contribution in [0.3, 0.4) is 0 Å². The summed E-state index contributed by atoms with van der Waals surface area (Å²) in [6.45, 7) is 10.6. The van der Waals surface area contributed by atoms with Crippen molar-refractivity contribution in [2.75, 3.05) is 139 Å². The summed E-state index contributed by atoms with van der Waals surface area (Å²) in [6.07, 6.45) is 30.5. The van der Waals surface area contributed by atoms with E-state index in [1.54, 1.807) is 12.4 Å². The molecule has 0 bridgehead atoms. The first kappa shape index (κ1) is 94.6. The fraction of sp³-hybridized carbons (Fsp3) is 0.342. The van der Waals surface area contributed by atoms with Crippen LogP contribution in [0.2, 0.25) is 0 Å². The van der Waals surface area contributed by atoms with Gasteiger partial charge in [-0.25, -0.2) is 30.5 Å². The molecule has 4 aromatic heterocycles. The van der Waals surface area contributed by atoms with Gasteiger partial charge < -0.3 is 34.0 Å². The summed E-state index contributed by atoms with van der Waals surface area (Å²) in [5, 5.41) is 3.28. The monoisotopic (exact) mass is 1590 g/mol. The van der Waals surface area contributed by atoms with E-state index in [0.29, 0.717) is 11.1 Å². The Morgan fingerprint density at radius 2 is 0.642 bits per heavy atom. The third-order valence-electron chi connectivity index (χ3n) is 14.8. The smallest absolute Gasteiger partial charge is 0.399 e. The molecule has 1 aliphatic heterocycles. The first-order chi connectivity index (χ1) is 50.5. The molecule has 5 heterocycles.